The minimum Gasteiger partial charge on any atom is -0.409 e. The molecule has 0 aromatic carbocycles. The summed E-state index contributed by atoms with van der Waals surface area (Å²) in [7, 11) is 0. The lowest BCUT2D eigenvalue weighted by Gasteiger charge is -2.39. The van der Waals surface area contributed by atoms with E-state index in [1.165, 1.54) is 6.42 Å². The van der Waals surface area contributed by atoms with Gasteiger partial charge in [0.25, 0.3) is 0 Å². The quantitative estimate of drug-likeness (QED) is 0.376. The molecule has 1 aromatic rings. The van der Waals surface area contributed by atoms with Crippen LogP contribution in [0.25, 0.3) is 0 Å². The van der Waals surface area contributed by atoms with Crippen molar-refractivity contribution in [2.75, 3.05) is 11.4 Å². The van der Waals surface area contributed by atoms with E-state index in [1.807, 2.05) is 19.9 Å². The molecule has 0 spiro atoms. The molecular weight excluding hydrogens is 252 g/mol. The Morgan fingerprint density at radius 1 is 1.40 bits per heavy atom. The number of piperidine rings is 1. The molecule has 20 heavy (non-hydrogen) atoms. The molecule has 0 amide bonds. The molecule has 1 aromatic heterocycles. The largest absolute Gasteiger partial charge is 0.409 e. The van der Waals surface area contributed by atoms with Gasteiger partial charge in [0, 0.05) is 18.3 Å². The van der Waals surface area contributed by atoms with Crippen LogP contribution in [0.15, 0.2) is 11.2 Å². The number of hydrogen-bond acceptors (Lipinski definition) is 4. The smallest absolute Gasteiger partial charge is 0.174 e. The van der Waals surface area contributed by atoms with Crippen molar-refractivity contribution in [3.8, 4) is 0 Å². The first-order valence-electron chi connectivity index (χ1n) is 7.16. The summed E-state index contributed by atoms with van der Waals surface area (Å²) < 4.78 is 0. The van der Waals surface area contributed by atoms with E-state index in [0.29, 0.717) is 12.0 Å². The van der Waals surface area contributed by atoms with Crippen LogP contribution in [0.2, 0.25) is 0 Å². The topological polar surface area (TPSA) is 74.7 Å². The first-order valence-corrected chi connectivity index (χ1v) is 7.16. The van der Waals surface area contributed by atoms with Crippen LogP contribution in [0.5, 0.6) is 0 Å². The molecule has 5 heteroatoms. The second-order valence-corrected chi connectivity index (χ2v) is 5.91. The average Bonchev–Trinajstić information content (AvgIpc) is 2.40. The zero-order valence-electron chi connectivity index (χ0n) is 12.7. The highest BCUT2D eigenvalue weighted by molar-refractivity contribution is 6.03. The van der Waals surface area contributed by atoms with Crippen molar-refractivity contribution in [2.45, 2.75) is 46.6 Å². The second kappa shape index (κ2) is 5.69. The Morgan fingerprint density at radius 3 is 2.75 bits per heavy atom. The van der Waals surface area contributed by atoms with Crippen molar-refractivity contribution in [3.05, 3.63) is 23.0 Å². The number of oxime groups is 1. The molecule has 0 saturated carbocycles. The van der Waals surface area contributed by atoms with Gasteiger partial charge in [0.2, 0.25) is 0 Å². The number of aromatic nitrogens is 1. The van der Waals surface area contributed by atoms with Crippen molar-refractivity contribution in [3.63, 3.8) is 0 Å². The van der Waals surface area contributed by atoms with Crippen LogP contribution in [0, 0.1) is 19.8 Å². The standard InChI is InChI=1S/C15H24N4O/c1-9-5-6-11(3)19(8-9)13-7-10(2)17-12(4)14(13)15(16)18-20/h7,9,11,20H,5-6,8H2,1-4H3,(H2,16,18). The number of aryl methyl sites for hydroxylation is 2. The molecule has 2 rings (SSSR count). The van der Waals surface area contributed by atoms with Gasteiger partial charge in [-0.15, -0.1) is 0 Å². The summed E-state index contributed by atoms with van der Waals surface area (Å²) in [5.74, 6) is 0.788. The summed E-state index contributed by atoms with van der Waals surface area (Å²) in [4.78, 5) is 6.81. The van der Waals surface area contributed by atoms with Gasteiger partial charge in [0.15, 0.2) is 5.84 Å². The van der Waals surface area contributed by atoms with Gasteiger partial charge in [-0.05, 0) is 45.6 Å². The van der Waals surface area contributed by atoms with E-state index >= 15 is 0 Å². The van der Waals surface area contributed by atoms with Crippen LogP contribution in [0.3, 0.4) is 0 Å². The molecule has 2 unspecified atom stereocenters. The van der Waals surface area contributed by atoms with Gasteiger partial charge in [-0.2, -0.15) is 0 Å². The zero-order chi connectivity index (χ0) is 14.9. The Hall–Kier alpha value is -1.78. The third-order valence-corrected chi connectivity index (χ3v) is 4.10. The highest BCUT2D eigenvalue weighted by Crippen LogP contribution is 2.31. The van der Waals surface area contributed by atoms with Gasteiger partial charge in [0.05, 0.1) is 16.9 Å². The van der Waals surface area contributed by atoms with Gasteiger partial charge in [-0.3, -0.25) is 4.98 Å². The number of nitrogens with two attached hydrogens (primary N) is 1. The van der Waals surface area contributed by atoms with E-state index in [-0.39, 0.29) is 5.84 Å². The maximum absolute atomic E-state index is 9.04. The van der Waals surface area contributed by atoms with Crippen molar-refractivity contribution in [1.29, 1.82) is 0 Å². The minimum atomic E-state index is 0.135. The number of anilines is 1. The molecule has 110 valence electrons. The molecule has 2 heterocycles. The molecule has 0 radical (unpaired) electrons. The van der Waals surface area contributed by atoms with Crippen molar-refractivity contribution in [2.24, 2.45) is 16.8 Å². The average molecular weight is 276 g/mol. The Labute approximate surface area is 120 Å². The van der Waals surface area contributed by atoms with Gasteiger partial charge in [-0.1, -0.05) is 12.1 Å². The predicted octanol–water partition coefficient (Wildman–Crippen LogP) is 2.42. The van der Waals surface area contributed by atoms with Crippen LogP contribution in [-0.4, -0.2) is 28.6 Å². The van der Waals surface area contributed by atoms with Gasteiger partial charge in [-0.25, -0.2) is 0 Å². The van der Waals surface area contributed by atoms with E-state index in [0.717, 1.165) is 35.6 Å². The highest BCUT2D eigenvalue weighted by Gasteiger charge is 2.27. The summed E-state index contributed by atoms with van der Waals surface area (Å²) in [6.45, 7) is 9.37. The Bertz CT molecular complexity index is 527. The molecule has 0 bridgehead atoms. The van der Waals surface area contributed by atoms with Crippen LogP contribution in [0.4, 0.5) is 5.69 Å². The highest BCUT2D eigenvalue weighted by atomic mass is 16.4. The maximum atomic E-state index is 9.04. The Balaban J connectivity index is 2.54. The van der Waals surface area contributed by atoms with Crippen molar-refractivity contribution >= 4 is 11.5 Å². The second-order valence-electron chi connectivity index (χ2n) is 5.91. The van der Waals surface area contributed by atoms with E-state index in [4.69, 9.17) is 10.9 Å². The van der Waals surface area contributed by atoms with Crippen molar-refractivity contribution < 1.29 is 5.21 Å². The van der Waals surface area contributed by atoms with E-state index in [1.54, 1.807) is 0 Å². The molecule has 1 aliphatic rings. The van der Waals surface area contributed by atoms with Gasteiger partial charge >= 0.3 is 0 Å². The van der Waals surface area contributed by atoms with Crippen LogP contribution < -0.4 is 10.6 Å². The minimum absolute atomic E-state index is 0.135. The summed E-state index contributed by atoms with van der Waals surface area (Å²) in [5.41, 5.74) is 9.41. The molecule has 2 atom stereocenters. The van der Waals surface area contributed by atoms with E-state index < -0.39 is 0 Å². The number of pyridine rings is 1. The zero-order valence-corrected chi connectivity index (χ0v) is 12.7. The molecular formula is C15H24N4O. The summed E-state index contributed by atoms with van der Waals surface area (Å²) in [6.07, 6.45) is 2.41. The number of nitrogens with zero attached hydrogens (tertiary/aromatic N) is 3. The SMILES string of the molecule is Cc1cc(N2CC(C)CCC2C)c(/C(N)=N/O)c(C)n1. The third-order valence-electron chi connectivity index (χ3n) is 4.10. The monoisotopic (exact) mass is 276 g/mol. The number of rotatable bonds is 2. The summed E-state index contributed by atoms with van der Waals surface area (Å²) >= 11 is 0. The third kappa shape index (κ3) is 2.71. The first kappa shape index (κ1) is 14.6. The maximum Gasteiger partial charge on any atom is 0.174 e. The lowest BCUT2D eigenvalue weighted by molar-refractivity contribution is 0.318. The molecule has 0 aliphatic carbocycles. The number of hydrogen-bond donors (Lipinski definition) is 2. The van der Waals surface area contributed by atoms with Crippen LogP contribution >= 0.6 is 0 Å². The summed E-state index contributed by atoms with van der Waals surface area (Å²) in [6, 6.07) is 2.49. The fourth-order valence-electron chi connectivity index (χ4n) is 3.03. The Kier molecular flexibility index (Phi) is 4.16. The molecule has 3 N–H and O–H groups in total. The molecule has 1 aliphatic heterocycles. The van der Waals surface area contributed by atoms with Crippen molar-refractivity contribution in [1.82, 2.24) is 4.98 Å². The lowest BCUT2D eigenvalue weighted by Crippen LogP contribution is -2.42. The molecule has 1 fully saturated rings. The van der Waals surface area contributed by atoms with E-state index in [2.05, 4.69) is 28.9 Å². The first-order chi connectivity index (χ1) is 9.43. The summed E-state index contributed by atoms with van der Waals surface area (Å²) in [5, 5.41) is 12.2. The van der Waals surface area contributed by atoms with Gasteiger partial charge in [0.1, 0.15) is 0 Å². The molecule has 1 saturated heterocycles. The van der Waals surface area contributed by atoms with Gasteiger partial charge < -0.3 is 15.8 Å². The fraction of sp³-hybridized carbons (Fsp3) is 0.600. The Morgan fingerprint density at radius 2 is 2.10 bits per heavy atom. The predicted molar refractivity (Wildman–Crippen MR) is 81.4 cm³/mol. The van der Waals surface area contributed by atoms with Crippen LogP contribution in [-0.2, 0) is 0 Å². The lowest BCUT2D eigenvalue weighted by atomic mass is 9.93. The molecule has 5 nitrogen and oxygen atoms in total. The van der Waals surface area contributed by atoms with Crippen LogP contribution in [0.1, 0.15) is 43.6 Å². The normalized spacial score (nSPS) is 24.0. The number of amidine groups is 1. The van der Waals surface area contributed by atoms with E-state index in [9.17, 15) is 0 Å². The fourth-order valence-corrected chi connectivity index (χ4v) is 3.03.